The van der Waals surface area contributed by atoms with Crippen LogP contribution in [-0.2, 0) is 6.61 Å². The Labute approximate surface area is 147 Å². The van der Waals surface area contributed by atoms with E-state index in [2.05, 4.69) is 65.6 Å². The van der Waals surface area contributed by atoms with Crippen molar-refractivity contribution in [3.8, 4) is 16.9 Å². The minimum absolute atomic E-state index is 0.458. The molecule has 0 aliphatic rings. The number of aromatic nitrogens is 1. The van der Waals surface area contributed by atoms with Crippen molar-refractivity contribution in [3.05, 3.63) is 96.3 Å². The summed E-state index contributed by atoms with van der Waals surface area (Å²) in [6.45, 7) is 2.48. The monoisotopic (exact) mass is 325 g/mol. The van der Waals surface area contributed by atoms with Crippen LogP contribution in [0.25, 0.3) is 21.9 Å². The van der Waals surface area contributed by atoms with Gasteiger partial charge < -0.3 is 4.74 Å². The molecule has 0 saturated heterocycles. The van der Waals surface area contributed by atoms with Crippen LogP contribution in [0, 0.1) is 6.92 Å². The van der Waals surface area contributed by atoms with Crippen molar-refractivity contribution in [1.29, 1.82) is 0 Å². The van der Waals surface area contributed by atoms with Crippen LogP contribution in [0.2, 0.25) is 0 Å². The molecule has 25 heavy (non-hydrogen) atoms. The highest BCUT2D eigenvalue weighted by molar-refractivity contribution is 5.83. The summed E-state index contributed by atoms with van der Waals surface area (Å²) in [4.78, 5) is 4.61. The summed E-state index contributed by atoms with van der Waals surface area (Å²) in [6, 6.07) is 29.0. The van der Waals surface area contributed by atoms with E-state index in [0.717, 1.165) is 17.1 Å². The molecule has 0 atom stereocenters. The number of rotatable bonds is 4. The number of hydrogen-bond donors (Lipinski definition) is 0. The lowest BCUT2D eigenvalue weighted by molar-refractivity contribution is 0.301. The number of hydrogen-bond acceptors (Lipinski definition) is 2. The smallest absolute Gasteiger partial charge is 0.130 e. The van der Waals surface area contributed by atoms with Crippen LogP contribution in [-0.4, -0.2) is 4.98 Å². The fraction of sp³-hybridized carbons (Fsp3) is 0.0870. The first-order valence-corrected chi connectivity index (χ1v) is 8.42. The molecule has 0 fully saturated rings. The topological polar surface area (TPSA) is 22.1 Å². The van der Waals surface area contributed by atoms with Crippen LogP contribution in [0.15, 0.2) is 84.9 Å². The molecule has 1 aromatic heterocycles. The Bertz CT molecular complexity index is 1010. The lowest BCUT2D eigenvalue weighted by Crippen LogP contribution is -2.00. The molecule has 2 heteroatoms. The molecule has 3 aromatic carbocycles. The first kappa shape index (κ1) is 15.4. The molecule has 0 N–H and O–H groups in total. The van der Waals surface area contributed by atoms with Crippen molar-refractivity contribution in [2.75, 3.05) is 0 Å². The summed E-state index contributed by atoms with van der Waals surface area (Å²) in [5, 5.41) is 2.40. The van der Waals surface area contributed by atoms with Gasteiger partial charge in [-0.05, 0) is 53.1 Å². The number of aryl methyl sites for hydroxylation is 1. The van der Waals surface area contributed by atoms with E-state index in [1.54, 1.807) is 0 Å². The Morgan fingerprint density at radius 2 is 1.48 bits per heavy atom. The number of pyridine rings is 1. The first-order valence-electron chi connectivity index (χ1n) is 8.42. The maximum Gasteiger partial charge on any atom is 0.130 e. The van der Waals surface area contributed by atoms with Crippen molar-refractivity contribution in [2.24, 2.45) is 0 Å². The molecule has 1 heterocycles. The van der Waals surface area contributed by atoms with Gasteiger partial charge in [-0.15, -0.1) is 0 Å². The van der Waals surface area contributed by atoms with Crippen LogP contribution >= 0.6 is 0 Å². The van der Waals surface area contributed by atoms with Crippen molar-refractivity contribution >= 4 is 10.8 Å². The summed E-state index contributed by atoms with van der Waals surface area (Å²) in [7, 11) is 0. The SMILES string of the molecule is Cc1cc(-c2ccccc2)cc(COc2ccc3ccccc3c2)n1. The number of nitrogens with zero attached hydrogens (tertiary/aromatic N) is 1. The van der Waals surface area contributed by atoms with Crippen LogP contribution in [0.3, 0.4) is 0 Å². The van der Waals surface area contributed by atoms with Crippen molar-refractivity contribution in [2.45, 2.75) is 13.5 Å². The molecule has 0 spiro atoms. The zero-order valence-electron chi connectivity index (χ0n) is 14.1. The Hall–Kier alpha value is -3.13. The quantitative estimate of drug-likeness (QED) is 0.474. The third kappa shape index (κ3) is 3.53. The minimum Gasteiger partial charge on any atom is -0.487 e. The van der Waals surface area contributed by atoms with Gasteiger partial charge >= 0.3 is 0 Å². The summed E-state index contributed by atoms with van der Waals surface area (Å²) in [5.74, 6) is 0.864. The number of ether oxygens (including phenoxy) is 1. The van der Waals surface area contributed by atoms with Gasteiger partial charge in [0, 0.05) is 5.69 Å². The fourth-order valence-electron chi connectivity index (χ4n) is 3.02. The van der Waals surface area contributed by atoms with Gasteiger partial charge in [-0.25, -0.2) is 0 Å². The van der Waals surface area contributed by atoms with Gasteiger partial charge in [0.15, 0.2) is 0 Å². The lowest BCUT2D eigenvalue weighted by atomic mass is 10.1. The second-order valence-electron chi connectivity index (χ2n) is 6.15. The Morgan fingerprint density at radius 1 is 0.720 bits per heavy atom. The summed E-state index contributed by atoms with van der Waals surface area (Å²) in [6.07, 6.45) is 0. The van der Waals surface area contributed by atoms with E-state index in [4.69, 9.17) is 4.74 Å². The van der Waals surface area contributed by atoms with E-state index >= 15 is 0 Å². The number of fused-ring (bicyclic) bond motifs is 1. The normalized spacial score (nSPS) is 10.8. The van der Waals surface area contributed by atoms with E-state index < -0.39 is 0 Å². The van der Waals surface area contributed by atoms with Crippen LogP contribution in [0.4, 0.5) is 0 Å². The van der Waals surface area contributed by atoms with Gasteiger partial charge in [0.25, 0.3) is 0 Å². The van der Waals surface area contributed by atoms with E-state index in [9.17, 15) is 0 Å². The van der Waals surface area contributed by atoms with E-state index in [1.807, 2.05) is 31.2 Å². The molecule has 4 aromatic rings. The maximum atomic E-state index is 5.98. The lowest BCUT2D eigenvalue weighted by Gasteiger charge is -2.10. The first-order chi connectivity index (χ1) is 12.3. The van der Waals surface area contributed by atoms with Crippen LogP contribution in [0.5, 0.6) is 5.75 Å². The van der Waals surface area contributed by atoms with Gasteiger partial charge in [0.05, 0.1) is 5.69 Å². The molecule has 0 aliphatic carbocycles. The standard InChI is InChI=1S/C23H19NO/c1-17-13-21(18-7-3-2-4-8-18)14-22(24-17)16-25-23-12-11-19-9-5-6-10-20(19)15-23/h2-15H,16H2,1H3. The van der Waals surface area contributed by atoms with Gasteiger partial charge in [0.2, 0.25) is 0 Å². The van der Waals surface area contributed by atoms with Crippen LogP contribution < -0.4 is 4.74 Å². The van der Waals surface area contributed by atoms with Crippen molar-refractivity contribution in [1.82, 2.24) is 4.98 Å². The zero-order valence-corrected chi connectivity index (χ0v) is 14.1. The highest BCUT2D eigenvalue weighted by Gasteiger charge is 2.04. The second kappa shape index (κ2) is 6.78. The average molecular weight is 325 g/mol. The van der Waals surface area contributed by atoms with E-state index in [1.165, 1.54) is 21.9 Å². The predicted molar refractivity (Wildman–Crippen MR) is 103 cm³/mol. The third-order valence-corrected chi connectivity index (χ3v) is 4.22. The maximum absolute atomic E-state index is 5.98. The number of benzene rings is 3. The molecular formula is C23H19NO. The zero-order chi connectivity index (χ0) is 17.1. The molecule has 4 rings (SSSR count). The highest BCUT2D eigenvalue weighted by Crippen LogP contribution is 2.23. The summed E-state index contributed by atoms with van der Waals surface area (Å²) < 4.78 is 5.98. The summed E-state index contributed by atoms with van der Waals surface area (Å²) >= 11 is 0. The molecule has 2 nitrogen and oxygen atoms in total. The summed E-state index contributed by atoms with van der Waals surface area (Å²) in [5.41, 5.74) is 4.30. The van der Waals surface area contributed by atoms with Crippen LogP contribution in [0.1, 0.15) is 11.4 Å². The fourth-order valence-corrected chi connectivity index (χ4v) is 3.02. The molecule has 122 valence electrons. The molecule has 0 unspecified atom stereocenters. The van der Waals surface area contributed by atoms with Crippen molar-refractivity contribution < 1.29 is 4.74 Å². The molecule has 0 amide bonds. The highest BCUT2D eigenvalue weighted by atomic mass is 16.5. The Balaban J connectivity index is 1.57. The van der Waals surface area contributed by atoms with E-state index in [-0.39, 0.29) is 0 Å². The Kier molecular flexibility index (Phi) is 4.17. The van der Waals surface area contributed by atoms with Gasteiger partial charge in [0.1, 0.15) is 12.4 Å². The second-order valence-corrected chi connectivity index (χ2v) is 6.15. The van der Waals surface area contributed by atoms with E-state index in [0.29, 0.717) is 6.61 Å². The predicted octanol–water partition coefficient (Wildman–Crippen LogP) is 5.79. The molecule has 0 bridgehead atoms. The van der Waals surface area contributed by atoms with Crippen molar-refractivity contribution in [3.63, 3.8) is 0 Å². The molecule has 0 saturated carbocycles. The Morgan fingerprint density at radius 3 is 2.32 bits per heavy atom. The molecule has 0 aliphatic heterocycles. The average Bonchev–Trinajstić information content (AvgIpc) is 2.66. The third-order valence-electron chi connectivity index (χ3n) is 4.22. The largest absolute Gasteiger partial charge is 0.487 e. The molecule has 0 radical (unpaired) electrons. The minimum atomic E-state index is 0.458. The van der Waals surface area contributed by atoms with Gasteiger partial charge in [-0.1, -0.05) is 60.7 Å². The van der Waals surface area contributed by atoms with Gasteiger partial charge in [-0.3, -0.25) is 4.98 Å². The molecular weight excluding hydrogens is 306 g/mol. The van der Waals surface area contributed by atoms with Gasteiger partial charge in [-0.2, -0.15) is 0 Å².